The normalized spacial score (nSPS) is 11.5. The van der Waals surface area contributed by atoms with E-state index in [2.05, 4.69) is 19.2 Å². The lowest BCUT2D eigenvalue weighted by Crippen LogP contribution is -2.29. The maximum atomic E-state index is 12.9. The first-order chi connectivity index (χ1) is 14.1. The van der Waals surface area contributed by atoms with E-state index in [4.69, 9.17) is 0 Å². The molecule has 0 aliphatic rings. The summed E-state index contributed by atoms with van der Waals surface area (Å²) in [6.45, 7) is 4.04. The van der Waals surface area contributed by atoms with E-state index in [0.29, 0.717) is 17.2 Å². The monoisotopic (exact) mass is 414 g/mol. The van der Waals surface area contributed by atoms with E-state index in [0.717, 1.165) is 17.7 Å². The number of anilines is 1. The quantitative estimate of drug-likeness (QED) is 0.617. The van der Waals surface area contributed by atoms with Gasteiger partial charge in [-0.05, 0) is 53.4 Å². The van der Waals surface area contributed by atoms with Gasteiger partial charge < -0.3 is 9.88 Å². The number of hydrogen-bond acceptors (Lipinski definition) is 2. The zero-order valence-corrected chi connectivity index (χ0v) is 16.5. The molecule has 2 aromatic carbocycles. The van der Waals surface area contributed by atoms with Gasteiger partial charge in [-0.15, -0.1) is 0 Å². The van der Waals surface area contributed by atoms with Crippen molar-refractivity contribution in [2.24, 2.45) is 0 Å². The van der Waals surface area contributed by atoms with Crippen molar-refractivity contribution in [1.29, 1.82) is 0 Å². The molecule has 0 fully saturated rings. The van der Waals surface area contributed by atoms with Crippen molar-refractivity contribution in [3.05, 3.63) is 99.5 Å². The van der Waals surface area contributed by atoms with Gasteiger partial charge in [0.1, 0.15) is 5.56 Å². The summed E-state index contributed by atoms with van der Waals surface area (Å²) in [6, 6.07) is 15.0. The zero-order valence-electron chi connectivity index (χ0n) is 16.5. The van der Waals surface area contributed by atoms with E-state index < -0.39 is 23.2 Å². The molecule has 3 rings (SSSR count). The first-order valence-electron chi connectivity index (χ1n) is 9.42. The standard InChI is InChI=1S/C23H21F3N2O2/c1-15(2)17-8-10-19(11-9-17)27-21(29)20-7-4-12-28(22(20)30)14-16-5-3-6-18(13-16)23(24,25)26/h3-13,15H,14H2,1-2H3,(H,27,29). The minimum absolute atomic E-state index is 0.0764. The summed E-state index contributed by atoms with van der Waals surface area (Å²) in [4.78, 5) is 25.3. The van der Waals surface area contributed by atoms with Crippen LogP contribution in [0.15, 0.2) is 71.7 Å². The van der Waals surface area contributed by atoms with Crippen LogP contribution in [-0.2, 0) is 12.7 Å². The van der Waals surface area contributed by atoms with Crippen LogP contribution in [-0.4, -0.2) is 10.5 Å². The third kappa shape index (κ3) is 4.97. The second kappa shape index (κ2) is 8.57. The van der Waals surface area contributed by atoms with Gasteiger partial charge in [-0.3, -0.25) is 9.59 Å². The van der Waals surface area contributed by atoms with Crippen LogP contribution >= 0.6 is 0 Å². The van der Waals surface area contributed by atoms with Gasteiger partial charge in [0, 0.05) is 11.9 Å². The van der Waals surface area contributed by atoms with Crippen molar-refractivity contribution >= 4 is 11.6 Å². The number of nitrogens with zero attached hydrogens (tertiary/aromatic N) is 1. The molecule has 4 nitrogen and oxygen atoms in total. The second-order valence-electron chi connectivity index (χ2n) is 7.28. The van der Waals surface area contributed by atoms with Gasteiger partial charge in [0.15, 0.2) is 0 Å². The average molecular weight is 414 g/mol. The lowest BCUT2D eigenvalue weighted by molar-refractivity contribution is -0.137. The number of nitrogens with one attached hydrogen (secondary N) is 1. The number of carbonyl (C=O) groups is 1. The minimum Gasteiger partial charge on any atom is -0.322 e. The molecule has 0 aliphatic heterocycles. The molecule has 0 aliphatic carbocycles. The van der Waals surface area contributed by atoms with Crippen LogP contribution in [0.2, 0.25) is 0 Å². The molecule has 3 aromatic rings. The highest BCUT2D eigenvalue weighted by molar-refractivity contribution is 6.03. The van der Waals surface area contributed by atoms with Crippen LogP contribution in [0.3, 0.4) is 0 Å². The molecule has 0 saturated carbocycles. The molecule has 1 aromatic heterocycles. The molecule has 0 radical (unpaired) electrons. The van der Waals surface area contributed by atoms with Gasteiger partial charge in [-0.2, -0.15) is 13.2 Å². The van der Waals surface area contributed by atoms with Crippen molar-refractivity contribution in [3.8, 4) is 0 Å². The number of halogens is 3. The fourth-order valence-electron chi connectivity index (χ4n) is 3.03. The topological polar surface area (TPSA) is 51.1 Å². The van der Waals surface area contributed by atoms with Gasteiger partial charge in [-0.25, -0.2) is 0 Å². The Labute approximate surface area is 172 Å². The third-order valence-corrected chi connectivity index (χ3v) is 4.71. The van der Waals surface area contributed by atoms with Gasteiger partial charge >= 0.3 is 6.18 Å². The molecule has 7 heteroatoms. The summed E-state index contributed by atoms with van der Waals surface area (Å²) in [7, 11) is 0. The average Bonchev–Trinajstić information content (AvgIpc) is 2.69. The Bertz CT molecular complexity index is 1100. The van der Waals surface area contributed by atoms with E-state index in [9.17, 15) is 22.8 Å². The Hall–Kier alpha value is -3.35. The van der Waals surface area contributed by atoms with Crippen molar-refractivity contribution in [3.63, 3.8) is 0 Å². The SMILES string of the molecule is CC(C)c1ccc(NC(=O)c2cccn(Cc3cccc(C(F)(F)F)c3)c2=O)cc1. The summed E-state index contributed by atoms with van der Waals surface area (Å²) in [5, 5.41) is 2.68. The number of rotatable bonds is 5. The van der Waals surface area contributed by atoms with E-state index >= 15 is 0 Å². The first kappa shape index (κ1) is 21.4. The predicted molar refractivity (Wildman–Crippen MR) is 110 cm³/mol. The summed E-state index contributed by atoms with van der Waals surface area (Å²) in [5.41, 5.74) is 0.539. The van der Waals surface area contributed by atoms with Crippen molar-refractivity contribution in [2.45, 2.75) is 32.5 Å². The van der Waals surface area contributed by atoms with E-state index in [-0.39, 0.29) is 12.1 Å². The van der Waals surface area contributed by atoms with Crippen LogP contribution in [0.4, 0.5) is 18.9 Å². The smallest absolute Gasteiger partial charge is 0.322 e. The number of benzene rings is 2. The van der Waals surface area contributed by atoms with Crippen LogP contribution in [0.5, 0.6) is 0 Å². The number of alkyl halides is 3. The number of carbonyl (C=O) groups excluding carboxylic acids is 1. The summed E-state index contributed by atoms with van der Waals surface area (Å²) < 4.78 is 39.9. The fraction of sp³-hybridized carbons (Fsp3) is 0.217. The van der Waals surface area contributed by atoms with Gasteiger partial charge in [-0.1, -0.05) is 38.1 Å². The molecule has 0 saturated heterocycles. The first-order valence-corrected chi connectivity index (χ1v) is 9.42. The van der Waals surface area contributed by atoms with E-state index in [1.807, 2.05) is 12.1 Å². The summed E-state index contributed by atoms with van der Waals surface area (Å²) in [6.07, 6.45) is -3.02. The second-order valence-corrected chi connectivity index (χ2v) is 7.28. The Morgan fingerprint density at radius 1 is 1.03 bits per heavy atom. The highest BCUT2D eigenvalue weighted by Crippen LogP contribution is 2.29. The Balaban J connectivity index is 1.81. The molecule has 0 unspecified atom stereocenters. The van der Waals surface area contributed by atoms with Crippen LogP contribution in [0.1, 0.15) is 46.8 Å². The number of hydrogen-bond donors (Lipinski definition) is 1. The molecule has 0 spiro atoms. The van der Waals surface area contributed by atoms with Gasteiger partial charge in [0.05, 0.1) is 12.1 Å². The van der Waals surface area contributed by atoms with Crippen molar-refractivity contribution in [1.82, 2.24) is 4.57 Å². The molecule has 0 atom stereocenters. The van der Waals surface area contributed by atoms with Crippen LogP contribution in [0, 0.1) is 0 Å². The van der Waals surface area contributed by atoms with E-state index in [1.165, 1.54) is 35.0 Å². The molecule has 1 heterocycles. The van der Waals surface area contributed by atoms with E-state index in [1.54, 1.807) is 12.1 Å². The molecule has 156 valence electrons. The van der Waals surface area contributed by atoms with Gasteiger partial charge in [0.25, 0.3) is 11.5 Å². The fourth-order valence-corrected chi connectivity index (χ4v) is 3.03. The maximum Gasteiger partial charge on any atom is 0.416 e. The lowest BCUT2D eigenvalue weighted by atomic mass is 10.0. The minimum atomic E-state index is -4.46. The highest BCUT2D eigenvalue weighted by atomic mass is 19.4. The molecule has 1 N–H and O–H groups in total. The number of aromatic nitrogens is 1. The molecule has 0 bridgehead atoms. The lowest BCUT2D eigenvalue weighted by Gasteiger charge is -2.12. The highest BCUT2D eigenvalue weighted by Gasteiger charge is 2.30. The van der Waals surface area contributed by atoms with Crippen LogP contribution < -0.4 is 10.9 Å². The molecular weight excluding hydrogens is 393 g/mol. The third-order valence-electron chi connectivity index (χ3n) is 4.71. The maximum absolute atomic E-state index is 12.9. The van der Waals surface area contributed by atoms with Crippen molar-refractivity contribution < 1.29 is 18.0 Å². The predicted octanol–water partition coefficient (Wildman–Crippen LogP) is 5.29. The number of amides is 1. The molecule has 30 heavy (non-hydrogen) atoms. The van der Waals surface area contributed by atoms with Crippen molar-refractivity contribution in [2.75, 3.05) is 5.32 Å². The van der Waals surface area contributed by atoms with Crippen LogP contribution in [0.25, 0.3) is 0 Å². The molecular formula is C23H21F3N2O2. The molecule has 1 amide bonds. The largest absolute Gasteiger partial charge is 0.416 e. The Morgan fingerprint density at radius 3 is 2.37 bits per heavy atom. The number of pyridine rings is 1. The summed E-state index contributed by atoms with van der Waals surface area (Å²) in [5.74, 6) is -0.220. The Morgan fingerprint density at radius 2 is 1.73 bits per heavy atom. The summed E-state index contributed by atoms with van der Waals surface area (Å²) >= 11 is 0. The zero-order chi connectivity index (χ0) is 21.9. The van der Waals surface area contributed by atoms with Gasteiger partial charge in [0.2, 0.25) is 0 Å². The Kier molecular flexibility index (Phi) is 6.10.